The molecular formula is C19H22N6O6. The Hall–Kier alpha value is -3.67. The molecule has 1 atom stereocenters. The zero-order chi connectivity index (χ0) is 21.8. The Morgan fingerprint density at radius 3 is 2.29 bits per heavy atom. The number of nitrogens with zero attached hydrogens (tertiary/aromatic N) is 5. The Balaban J connectivity index is 1.37. The van der Waals surface area contributed by atoms with Crippen LogP contribution in [0.3, 0.4) is 0 Å². The monoisotopic (exact) mass is 430 g/mol. The first-order valence-electron chi connectivity index (χ1n) is 9.61. The average Bonchev–Trinajstić information content (AvgIpc) is 3.18. The predicted molar refractivity (Wildman–Crippen MR) is 109 cm³/mol. The molecule has 1 N–H and O–H groups in total. The van der Waals surface area contributed by atoms with Crippen molar-refractivity contribution in [3.8, 4) is 12.0 Å². The van der Waals surface area contributed by atoms with E-state index in [4.69, 9.17) is 18.9 Å². The van der Waals surface area contributed by atoms with Crippen molar-refractivity contribution in [1.29, 1.82) is 0 Å². The molecule has 0 spiro atoms. The maximum atomic E-state index is 12.3. The number of ether oxygens (including phenoxy) is 4. The van der Waals surface area contributed by atoms with Crippen LogP contribution in [0.4, 0.5) is 22.1 Å². The van der Waals surface area contributed by atoms with Crippen molar-refractivity contribution in [2.45, 2.75) is 6.10 Å². The van der Waals surface area contributed by atoms with Gasteiger partial charge in [-0.15, -0.1) is 4.98 Å². The predicted octanol–water partition coefficient (Wildman–Crippen LogP) is 0.689. The molecule has 0 aliphatic carbocycles. The highest BCUT2D eigenvalue weighted by Gasteiger charge is 2.32. The van der Waals surface area contributed by atoms with Crippen molar-refractivity contribution in [2.24, 2.45) is 0 Å². The molecule has 2 aliphatic heterocycles. The molecule has 164 valence electrons. The summed E-state index contributed by atoms with van der Waals surface area (Å²) in [4.78, 5) is 39.6. The van der Waals surface area contributed by atoms with Crippen LogP contribution in [0, 0.1) is 0 Å². The minimum absolute atomic E-state index is 0.0772. The first-order valence-corrected chi connectivity index (χ1v) is 9.61. The van der Waals surface area contributed by atoms with Crippen LogP contribution in [-0.2, 0) is 14.3 Å². The third-order valence-electron chi connectivity index (χ3n) is 4.78. The second kappa shape index (κ2) is 9.00. The largest absolute Gasteiger partial charge is 0.467 e. The molecule has 0 bridgehead atoms. The van der Waals surface area contributed by atoms with Gasteiger partial charge in [0.25, 0.3) is 5.91 Å². The van der Waals surface area contributed by atoms with Crippen LogP contribution in [0.25, 0.3) is 0 Å². The summed E-state index contributed by atoms with van der Waals surface area (Å²) in [6.07, 6.45) is -0.866. The lowest BCUT2D eigenvalue weighted by molar-refractivity contribution is -0.125. The molecule has 2 aromatic rings. The normalized spacial score (nSPS) is 18.7. The van der Waals surface area contributed by atoms with E-state index in [9.17, 15) is 9.59 Å². The van der Waals surface area contributed by atoms with Crippen molar-refractivity contribution in [2.75, 3.05) is 62.2 Å². The highest BCUT2D eigenvalue weighted by atomic mass is 16.6. The lowest BCUT2D eigenvalue weighted by atomic mass is 10.2. The van der Waals surface area contributed by atoms with Gasteiger partial charge in [-0.2, -0.15) is 9.97 Å². The van der Waals surface area contributed by atoms with Crippen LogP contribution in [0.1, 0.15) is 0 Å². The molecule has 0 radical (unpaired) electrons. The second-order valence-corrected chi connectivity index (χ2v) is 6.74. The summed E-state index contributed by atoms with van der Waals surface area (Å²) in [6, 6.07) is 7.41. The molecule has 3 heterocycles. The fourth-order valence-electron chi connectivity index (χ4n) is 3.25. The van der Waals surface area contributed by atoms with Crippen LogP contribution in [0.5, 0.6) is 12.0 Å². The Kier molecular flexibility index (Phi) is 5.98. The number of carbonyl (C=O) groups is 2. The summed E-state index contributed by atoms with van der Waals surface area (Å²) in [5, 5.41) is 3.00. The van der Waals surface area contributed by atoms with Crippen LogP contribution < -0.4 is 24.6 Å². The Morgan fingerprint density at radius 1 is 1.03 bits per heavy atom. The number of aromatic nitrogens is 3. The lowest BCUT2D eigenvalue weighted by Crippen LogP contribution is -2.41. The van der Waals surface area contributed by atoms with Gasteiger partial charge < -0.3 is 29.2 Å². The van der Waals surface area contributed by atoms with E-state index in [1.165, 1.54) is 19.1 Å². The van der Waals surface area contributed by atoms with Gasteiger partial charge in [-0.1, -0.05) is 0 Å². The first-order chi connectivity index (χ1) is 15.1. The van der Waals surface area contributed by atoms with Crippen LogP contribution in [-0.4, -0.2) is 80.1 Å². The van der Waals surface area contributed by atoms with E-state index in [0.29, 0.717) is 31.9 Å². The number of morpholine rings is 1. The molecule has 0 unspecified atom stereocenters. The number of hydrogen-bond acceptors (Lipinski definition) is 10. The smallest absolute Gasteiger partial charge is 0.414 e. The molecule has 12 heteroatoms. The number of nitrogens with one attached hydrogen (secondary N) is 1. The van der Waals surface area contributed by atoms with E-state index in [2.05, 4.69) is 20.3 Å². The molecule has 31 heavy (non-hydrogen) atoms. The zero-order valence-electron chi connectivity index (χ0n) is 17.1. The minimum Gasteiger partial charge on any atom is -0.467 e. The fourth-order valence-corrected chi connectivity index (χ4v) is 3.25. The van der Waals surface area contributed by atoms with Gasteiger partial charge in [0.05, 0.1) is 33.9 Å². The number of amides is 2. The molecule has 1 aromatic carbocycles. The molecule has 4 rings (SSSR count). The van der Waals surface area contributed by atoms with E-state index in [1.54, 1.807) is 29.2 Å². The quantitative estimate of drug-likeness (QED) is 0.670. The summed E-state index contributed by atoms with van der Waals surface area (Å²) >= 11 is 0. The fraction of sp³-hybridized carbons (Fsp3) is 0.421. The standard InChI is InChI=1S/C19H22N6O6/c1-28-17-21-16(22-18(23-17)29-2)20-9-14-10-25(19(27)31-14)13-5-3-12(4-6-13)24-7-8-30-11-15(24)26/h3-6,14H,7-11H2,1-2H3,(H,20,21,22,23)/t14-/m0/s1. The number of anilines is 3. The second-order valence-electron chi connectivity index (χ2n) is 6.74. The number of benzene rings is 1. The number of rotatable bonds is 7. The maximum Gasteiger partial charge on any atom is 0.414 e. The summed E-state index contributed by atoms with van der Waals surface area (Å²) in [5.41, 5.74) is 1.45. The minimum atomic E-state index is -0.451. The van der Waals surface area contributed by atoms with Gasteiger partial charge in [0, 0.05) is 17.9 Å². The van der Waals surface area contributed by atoms with Gasteiger partial charge in [-0.25, -0.2) is 4.79 Å². The van der Waals surface area contributed by atoms with E-state index in [1.807, 2.05) is 0 Å². The van der Waals surface area contributed by atoms with Gasteiger partial charge in [-0.05, 0) is 24.3 Å². The van der Waals surface area contributed by atoms with Gasteiger partial charge in [-0.3, -0.25) is 9.69 Å². The van der Waals surface area contributed by atoms with Crippen molar-refractivity contribution in [3.63, 3.8) is 0 Å². The zero-order valence-corrected chi connectivity index (χ0v) is 17.1. The van der Waals surface area contributed by atoms with Crippen molar-refractivity contribution in [1.82, 2.24) is 15.0 Å². The van der Waals surface area contributed by atoms with Crippen molar-refractivity contribution >= 4 is 29.3 Å². The molecule has 12 nitrogen and oxygen atoms in total. The highest BCUT2D eigenvalue weighted by Crippen LogP contribution is 2.26. The molecular weight excluding hydrogens is 408 g/mol. The number of hydrogen-bond donors (Lipinski definition) is 1. The third kappa shape index (κ3) is 4.58. The Labute approximate surface area is 178 Å². The summed E-state index contributed by atoms with van der Waals surface area (Å²) in [6.45, 7) is 1.72. The SMILES string of the molecule is COc1nc(NC[C@H]2CN(c3ccc(N4CCOCC4=O)cc3)C(=O)O2)nc(OC)n1. The van der Waals surface area contributed by atoms with E-state index in [0.717, 1.165) is 5.69 Å². The molecule has 2 fully saturated rings. The topological polar surface area (TPSA) is 128 Å². The van der Waals surface area contributed by atoms with Gasteiger partial charge in [0.15, 0.2) is 0 Å². The van der Waals surface area contributed by atoms with Crippen LogP contribution in [0.15, 0.2) is 24.3 Å². The van der Waals surface area contributed by atoms with E-state index >= 15 is 0 Å². The van der Waals surface area contributed by atoms with Crippen molar-refractivity contribution < 1.29 is 28.5 Å². The highest BCUT2D eigenvalue weighted by molar-refractivity contribution is 5.95. The van der Waals surface area contributed by atoms with Crippen LogP contribution in [0.2, 0.25) is 0 Å². The third-order valence-corrected chi connectivity index (χ3v) is 4.78. The van der Waals surface area contributed by atoms with Gasteiger partial charge in [0.1, 0.15) is 12.7 Å². The lowest BCUT2D eigenvalue weighted by Gasteiger charge is -2.27. The Bertz CT molecular complexity index is 933. The molecule has 2 saturated heterocycles. The molecule has 2 amide bonds. The van der Waals surface area contributed by atoms with Gasteiger partial charge >= 0.3 is 18.1 Å². The maximum absolute atomic E-state index is 12.3. The van der Waals surface area contributed by atoms with Crippen LogP contribution >= 0.6 is 0 Å². The summed E-state index contributed by atoms with van der Waals surface area (Å²) < 4.78 is 20.6. The first kappa shape index (κ1) is 20.6. The van der Waals surface area contributed by atoms with Gasteiger partial charge in [0.2, 0.25) is 5.95 Å². The number of cyclic esters (lactones) is 1. The number of carbonyl (C=O) groups excluding carboxylic acids is 2. The Morgan fingerprint density at radius 2 is 1.68 bits per heavy atom. The van der Waals surface area contributed by atoms with E-state index < -0.39 is 12.2 Å². The average molecular weight is 430 g/mol. The molecule has 1 aromatic heterocycles. The van der Waals surface area contributed by atoms with E-state index in [-0.39, 0.29) is 30.5 Å². The number of methoxy groups -OCH3 is 2. The molecule has 2 aliphatic rings. The summed E-state index contributed by atoms with van der Waals surface area (Å²) in [5.74, 6) is 0.162. The van der Waals surface area contributed by atoms with Crippen molar-refractivity contribution in [3.05, 3.63) is 24.3 Å². The molecule has 0 saturated carbocycles. The summed E-state index contributed by atoms with van der Waals surface area (Å²) in [7, 11) is 2.88.